The van der Waals surface area contributed by atoms with Crippen LogP contribution in [0.1, 0.15) is 22.8 Å². The molecule has 0 aliphatic carbocycles. The summed E-state index contributed by atoms with van der Waals surface area (Å²) in [5.74, 6) is -0.0456. The van der Waals surface area contributed by atoms with Gasteiger partial charge in [-0.3, -0.25) is 14.7 Å². The van der Waals surface area contributed by atoms with Crippen LogP contribution in [-0.4, -0.2) is 41.5 Å². The van der Waals surface area contributed by atoms with E-state index in [1.54, 1.807) is 34.3 Å². The first-order chi connectivity index (χ1) is 11.7. The smallest absolute Gasteiger partial charge is 0.321 e. The third kappa shape index (κ3) is 3.37. The summed E-state index contributed by atoms with van der Waals surface area (Å²) in [6.07, 6.45) is 3.44. The number of amides is 3. The van der Waals surface area contributed by atoms with Gasteiger partial charge in [-0.25, -0.2) is 4.79 Å². The Kier molecular flexibility index (Phi) is 4.74. The molecule has 0 unspecified atom stereocenters. The maximum Gasteiger partial charge on any atom is 0.321 e. The molecule has 1 saturated heterocycles. The monoisotopic (exact) mass is 324 g/mol. The molecule has 6 heteroatoms. The van der Waals surface area contributed by atoms with Crippen molar-refractivity contribution in [2.75, 3.05) is 24.5 Å². The predicted molar refractivity (Wildman–Crippen MR) is 91.8 cm³/mol. The Morgan fingerprint density at radius 3 is 2.75 bits per heavy atom. The van der Waals surface area contributed by atoms with Crippen LogP contribution in [0.15, 0.2) is 48.8 Å². The van der Waals surface area contributed by atoms with Crippen LogP contribution in [0.4, 0.5) is 10.5 Å². The van der Waals surface area contributed by atoms with E-state index in [9.17, 15) is 9.59 Å². The van der Waals surface area contributed by atoms with Gasteiger partial charge in [-0.15, -0.1) is 0 Å². The van der Waals surface area contributed by atoms with E-state index in [2.05, 4.69) is 10.3 Å². The molecule has 1 fully saturated rings. The van der Waals surface area contributed by atoms with E-state index in [1.165, 1.54) is 0 Å². The molecule has 1 aliphatic rings. The summed E-state index contributed by atoms with van der Waals surface area (Å²) in [6.45, 7) is 4.34. The molecule has 1 aromatic carbocycles. The fourth-order valence-corrected chi connectivity index (χ4v) is 2.74. The van der Waals surface area contributed by atoms with Crippen molar-refractivity contribution in [2.24, 2.45) is 0 Å². The van der Waals surface area contributed by atoms with Gasteiger partial charge in [0.25, 0.3) is 5.91 Å². The second-order valence-corrected chi connectivity index (χ2v) is 5.61. The summed E-state index contributed by atoms with van der Waals surface area (Å²) < 4.78 is 0. The Morgan fingerprint density at radius 1 is 1.29 bits per heavy atom. The van der Waals surface area contributed by atoms with Crippen molar-refractivity contribution in [3.8, 4) is 0 Å². The fraction of sp³-hybridized carbons (Fsp3) is 0.278. The molecule has 2 heterocycles. The first-order valence-electron chi connectivity index (χ1n) is 8.02. The molecular weight excluding hydrogens is 304 g/mol. The van der Waals surface area contributed by atoms with Crippen molar-refractivity contribution < 1.29 is 9.59 Å². The lowest BCUT2D eigenvalue weighted by Gasteiger charge is -2.22. The first-order valence-corrected chi connectivity index (χ1v) is 8.02. The third-order valence-electron chi connectivity index (χ3n) is 4.05. The van der Waals surface area contributed by atoms with Crippen molar-refractivity contribution >= 4 is 17.6 Å². The minimum Gasteiger partial charge on any atom is -0.336 e. The highest BCUT2D eigenvalue weighted by atomic mass is 16.2. The van der Waals surface area contributed by atoms with Crippen LogP contribution in [0.3, 0.4) is 0 Å². The quantitative estimate of drug-likeness (QED) is 0.917. The van der Waals surface area contributed by atoms with Gasteiger partial charge in [0.05, 0.1) is 0 Å². The summed E-state index contributed by atoms with van der Waals surface area (Å²) in [7, 11) is 0. The number of carbonyl (C=O) groups excluding carboxylic acids is 2. The van der Waals surface area contributed by atoms with Crippen molar-refractivity contribution in [2.45, 2.75) is 13.5 Å². The molecule has 3 amide bonds. The average molecular weight is 324 g/mol. The summed E-state index contributed by atoms with van der Waals surface area (Å²) in [5, 5.41) is 2.77. The number of rotatable bonds is 5. The number of nitrogens with one attached hydrogen (secondary N) is 1. The molecule has 24 heavy (non-hydrogen) atoms. The molecule has 0 bridgehead atoms. The zero-order chi connectivity index (χ0) is 16.9. The molecular formula is C18H20N4O2. The minimum atomic E-state index is -0.122. The molecule has 0 radical (unpaired) electrons. The van der Waals surface area contributed by atoms with E-state index in [4.69, 9.17) is 0 Å². The third-order valence-corrected chi connectivity index (χ3v) is 4.05. The Labute approximate surface area is 141 Å². The standard InChI is InChI=1S/C18H20N4O2/c1-2-21(13-14-6-8-19-9-7-14)17(23)15-4-3-5-16(12-15)22-11-10-20-18(22)24/h3-9,12H,2,10-11,13H2,1H3,(H,20,24). The van der Waals surface area contributed by atoms with Gasteiger partial charge in [0.2, 0.25) is 0 Å². The van der Waals surface area contributed by atoms with Crippen molar-refractivity contribution in [1.82, 2.24) is 15.2 Å². The van der Waals surface area contributed by atoms with Gasteiger partial charge in [0, 0.05) is 49.8 Å². The molecule has 0 atom stereocenters. The Balaban J connectivity index is 1.79. The SMILES string of the molecule is CCN(Cc1ccncc1)C(=O)c1cccc(N2CCNC2=O)c1. The summed E-state index contributed by atoms with van der Waals surface area (Å²) in [5.41, 5.74) is 2.37. The van der Waals surface area contributed by atoms with Gasteiger partial charge < -0.3 is 10.2 Å². The van der Waals surface area contributed by atoms with Crippen LogP contribution in [-0.2, 0) is 6.54 Å². The summed E-state index contributed by atoms with van der Waals surface area (Å²) >= 11 is 0. The number of hydrogen-bond acceptors (Lipinski definition) is 3. The van der Waals surface area contributed by atoms with Gasteiger partial charge >= 0.3 is 6.03 Å². The molecule has 1 aliphatic heterocycles. The van der Waals surface area contributed by atoms with E-state index in [0.717, 1.165) is 11.3 Å². The van der Waals surface area contributed by atoms with E-state index in [1.807, 2.05) is 31.2 Å². The minimum absolute atomic E-state index is 0.0456. The first kappa shape index (κ1) is 16.0. The number of anilines is 1. The fourth-order valence-electron chi connectivity index (χ4n) is 2.74. The largest absolute Gasteiger partial charge is 0.336 e. The zero-order valence-corrected chi connectivity index (χ0v) is 13.6. The van der Waals surface area contributed by atoms with Crippen LogP contribution in [0.5, 0.6) is 0 Å². The molecule has 0 saturated carbocycles. The van der Waals surface area contributed by atoms with Crippen LogP contribution in [0, 0.1) is 0 Å². The number of nitrogens with zero attached hydrogens (tertiary/aromatic N) is 3. The number of hydrogen-bond donors (Lipinski definition) is 1. The van der Waals surface area contributed by atoms with Crippen molar-refractivity contribution in [3.05, 3.63) is 59.9 Å². The Hall–Kier alpha value is -2.89. The zero-order valence-electron chi connectivity index (χ0n) is 13.6. The highest BCUT2D eigenvalue weighted by Gasteiger charge is 2.22. The Morgan fingerprint density at radius 2 is 2.08 bits per heavy atom. The van der Waals surface area contributed by atoms with Crippen molar-refractivity contribution in [3.63, 3.8) is 0 Å². The number of carbonyl (C=O) groups is 2. The summed E-state index contributed by atoms with van der Waals surface area (Å²) in [4.78, 5) is 32.0. The molecule has 0 spiro atoms. The molecule has 1 N–H and O–H groups in total. The molecule has 124 valence electrons. The highest BCUT2D eigenvalue weighted by molar-refractivity contribution is 5.98. The van der Waals surface area contributed by atoms with E-state index < -0.39 is 0 Å². The molecule has 1 aromatic heterocycles. The highest BCUT2D eigenvalue weighted by Crippen LogP contribution is 2.19. The maximum absolute atomic E-state index is 12.8. The van der Waals surface area contributed by atoms with E-state index in [-0.39, 0.29) is 11.9 Å². The van der Waals surface area contributed by atoms with E-state index in [0.29, 0.717) is 31.7 Å². The lowest BCUT2D eigenvalue weighted by atomic mass is 10.1. The lowest BCUT2D eigenvalue weighted by Crippen LogP contribution is -2.31. The Bertz CT molecular complexity index is 733. The van der Waals surface area contributed by atoms with Gasteiger partial charge in [0.1, 0.15) is 0 Å². The average Bonchev–Trinajstić information content (AvgIpc) is 3.06. The van der Waals surface area contributed by atoms with Gasteiger partial charge in [-0.1, -0.05) is 6.07 Å². The number of aromatic nitrogens is 1. The maximum atomic E-state index is 12.8. The second-order valence-electron chi connectivity index (χ2n) is 5.61. The van der Waals surface area contributed by atoms with Crippen LogP contribution in [0.2, 0.25) is 0 Å². The van der Waals surface area contributed by atoms with Gasteiger partial charge in [-0.2, -0.15) is 0 Å². The van der Waals surface area contributed by atoms with Crippen LogP contribution in [0.25, 0.3) is 0 Å². The van der Waals surface area contributed by atoms with Crippen LogP contribution >= 0.6 is 0 Å². The topological polar surface area (TPSA) is 65.5 Å². The number of benzene rings is 1. The number of urea groups is 1. The van der Waals surface area contributed by atoms with Gasteiger partial charge in [-0.05, 0) is 42.8 Å². The van der Waals surface area contributed by atoms with Crippen molar-refractivity contribution in [1.29, 1.82) is 0 Å². The molecule has 3 rings (SSSR count). The second kappa shape index (κ2) is 7.12. The van der Waals surface area contributed by atoms with Gasteiger partial charge in [0.15, 0.2) is 0 Å². The molecule has 6 nitrogen and oxygen atoms in total. The predicted octanol–water partition coefficient (Wildman–Crippen LogP) is 2.27. The normalized spacial score (nSPS) is 13.7. The number of pyridine rings is 1. The van der Waals surface area contributed by atoms with Crippen LogP contribution < -0.4 is 10.2 Å². The lowest BCUT2D eigenvalue weighted by molar-refractivity contribution is 0.0752. The molecule has 2 aromatic rings. The summed E-state index contributed by atoms with van der Waals surface area (Å²) in [6, 6.07) is 10.9. The van der Waals surface area contributed by atoms with E-state index >= 15 is 0 Å².